The molecule has 118 valence electrons. The second-order valence-corrected chi connectivity index (χ2v) is 8.52. The van der Waals surface area contributed by atoms with E-state index in [0.29, 0.717) is 0 Å². The van der Waals surface area contributed by atoms with E-state index in [1.807, 2.05) is 0 Å². The van der Waals surface area contributed by atoms with Crippen LogP contribution in [0.3, 0.4) is 0 Å². The molecule has 0 aliphatic heterocycles. The second-order valence-electron chi connectivity index (χ2n) is 6.10. The molecule has 2 aromatic rings. The summed E-state index contributed by atoms with van der Waals surface area (Å²) in [6, 6.07) is 22.1. The van der Waals surface area contributed by atoms with Crippen LogP contribution in [0, 0.1) is 0 Å². The monoisotopic (exact) mass is 312 g/mol. The molecule has 0 aromatic heterocycles. The molecule has 0 nitrogen and oxygen atoms in total. The Kier molecular flexibility index (Phi) is 8.28. The molecule has 0 aliphatic rings. The van der Waals surface area contributed by atoms with Crippen molar-refractivity contribution < 1.29 is 0 Å². The molecule has 0 spiro atoms. The maximum atomic E-state index is 2.29. The molecule has 0 radical (unpaired) electrons. The first-order valence-electron chi connectivity index (χ1n) is 8.68. The Labute approximate surface area is 137 Å². The van der Waals surface area contributed by atoms with E-state index in [-0.39, 0.29) is 7.92 Å². The van der Waals surface area contributed by atoms with E-state index in [1.165, 1.54) is 61.7 Å². The maximum Gasteiger partial charge on any atom is -0.00701 e. The Bertz CT molecular complexity index is 450. The van der Waals surface area contributed by atoms with Crippen LogP contribution in [-0.4, -0.2) is 6.16 Å². The van der Waals surface area contributed by atoms with Crippen molar-refractivity contribution in [1.29, 1.82) is 0 Å². The van der Waals surface area contributed by atoms with Crippen LogP contribution in [0.1, 0.15) is 50.2 Å². The third kappa shape index (κ3) is 6.75. The van der Waals surface area contributed by atoms with Crippen molar-refractivity contribution in [2.24, 2.45) is 0 Å². The zero-order valence-electron chi connectivity index (χ0n) is 13.9. The molecular formula is C21H29P. The van der Waals surface area contributed by atoms with Gasteiger partial charge in [0.1, 0.15) is 0 Å². The summed E-state index contributed by atoms with van der Waals surface area (Å²) in [6.45, 7) is 2.29. The van der Waals surface area contributed by atoms with Gasteiger partial charge in [0.15, 0.2) is 0 Å². The molecule has 2 rings (SSSR count). The molecule has 22 heavy (non-hydrogen) atoms. The molecule has 0 N–H and O–H groups in total. The molecule has 1 heteroatoms. The van der Waals surface area contributed by atoms with Crippen molar-refractivity contribution in [3.63, 3.8) is 0 Å². The summed E-state index contributed by atoms with van der Waals surface area (Å²) in [5.74, 6) is 0. The van der Waals surface area contributed by atoms with Crippen LogP contribution in [-0.2, 0) is 12.3 Å². The van der Waals surface area contributed by atoms with Gasteiger partial charge in [-0.1, -0.05) is 101 Å². The van der Waals surface area contributed by atoms with Gasteiger partial charge in [-0.05, 0) is 36.0 Å². The average Bonchev–Trinajstić information content (AvgIpc) is 2.56. The lowest BCUT2D eigenvalue weighted by Crippen LogP contribution is -1.94. The van der Waals surface area contributed by atoms with Gasteiger partial charge >= 0.3 is 0 Å². The first-order valence-corrected chi connectivity index (χ1v) is 10.6. The molecule has 0 bridgehead atoms. The number of benzene rings is 2. The van der Waals surface area contributed by atoms with Crippen LogP contribution in [0.2, 0.25) is 0 Å². The molecule has 0 fully saturated rings. The number of hydrogen-bond acceptors (Lipinski definition) is 0. The highest BCUT2D eigenvalue weighted by Gasteiger charge is 2.10. The molecule has 2 aromatic carbocycles. The Balaban J connectivity index is 1.88. The molecule has 0 aliphatic carbocycles. The summed E-state index contributed by atoms with van der Waals surface area (Å²) in [7, 11) is 0.0659. The molecule has 0 saturated carbocycles. The van der Waals surface area contributed by atoms with Crippen molar-refractivity contribution in [3.05, 3.63) is 71.8 Å². The highest BCUT2D eigenvalue weighted by Crippen LogP contribution is 2.44. The van der Waals surface area contributed by atoms with Gasteiger partial charge in [-0.3, -0.25) is 0 Å². The highest BCUT2D eigenvalue weighted by molar-refractivity contribution is 7.56. The molecule has 0 saturated heterocycles. The lowest BCUT2D eigenvalue weighted by atomic mass is 10.2. The fourth-order valence-electron chi connectivity index (χ4n) is 2.84. The van der Waals surface area contributed by atoms with E-state index in [1.54, 1.807) is 0 Å². The van der Waals surface area contributed by atoms with Crippen LogP contribution >= 0.6 is 7.92 Å². The quantitative estimate of drug-likeness (QED) is 0.333. The minimum absolute atomic E-state index is 0.0659. The minimum Gasteiger partial charge on any atom is -0.0977 e. The van der Waals surface area contributed by atoms with Crippen molar-refractivity contribution in [2.75, 3.05) is 6.16 Å². The molecule has 0 unspecified atom stereocenters. The summed E-state index contributed by atoms with van der Waals surface area (Å²) in [5, 5.41) is 0. The smallest absolute Gasteiger partial charge is 0.00701 e. The summed E-state index contributed by atoms with van der Waals surface area (Å²) >= 11 is 0. The van der Waals surface area contributed by atoms with Crippen molar-refractivity contribution in [3.8, 4) is 0 Å². The molecule has 0 heterocycles. The third-order valence-electron chi connectivity index (χ3n) is 4.08. The summed E-state index contributed by atoms with van der Waals surface area (Å²) in [5.41, 5.74) is 3.02. The van der Waals surface area contributed by atoms with Gasteiger partial charge in [-0.25, -0.2) is 0 Å². The Morgan fingerprint density at radius 1 is 0.636 bits per heavy atom. The van der Waals surface area contributed by atoms with Gasteiger partial charge < -0.3 is 0 Å². The lowest BCUT2D eigenvalue weighted by molar-refractivity contribution is 0.658. The average molecular weight is 312 g/mol. The van der Waals surface area contributed by atoms with E-state index >= 15 is 0 Å². The lowest BCUT2D eigenvalue weighted by Gasteiger charge is -2.18. The van der Waals surface area contributed by atoms with Gasteiger partial charge in [0.05, 0.1) is 0 Å². The highest BCUT2D eigenvalue weighted by atomic mass is 31.1. The standard InChI is InChI=1S/C21H29P/c1-2-3-4-5-12-17-22(18-20-13-8-6-9-14-20)19-21-15-10-7-11-16-21/h6-11,13-16H,2-5,12,17-19H2,1H3. The second kappa shape index (κ2) is 10.6. The number of hydrogen-bond donors (Lipinski definition) is 0. The van der Waals surface area contributed by atoms with Crippen LogP contribution in [0.5, 0.6) is 0 Å². The third-order valence-corrected chi connectivity index (χ3v) is 6.65. The van der Waals surface area contributed by atoms with Crippen molar-refractivity contribution in [2.45, 2.75) is 51.4 Å². The van der Waals surface area contributed by atoms with Crippen molar-refractivity contribution in [1.82, 2.24) is 0 Å². The molecule has 0 amide bonds. The molecular weight excluding hydrogens is 283 g/mol. The summed E-state index contributed by atoms with van der Waals surface area (Å²) < 4.78 is 0. The van der Waals surface area contributed by atoms with Crippen LogP contribution < -0.4 is 0 Å². The summed E-state index contributed by atoms with van der Waals surface area (Å²) in [4.78, 5) is 0. The van der Waals surface area contributed by atoms with Gasteiger partial charge in [-0.15, -0.1) is 0 Å². The van der Waals surface area contributed by atoms with E-state index in [0.717, 1.165) is 0 Å². The zero-order valence-corrected chi connectivity index (χ0v) is 14.8. The first kappa shape index (κ1) is 17.2. The van der Waals surface area contributed by atoms with Gasteiger partial charge in [0.25, 0.3) is 0 Å². The van der Waals surface area contributed by atoms with Crippen LogP contribution in [0.4, 0.5) is 0 Å². The zero-order chi connectivity index (χ0) is 15.5. The fraction of sp³-hybridized carbons (Fsp3) is 0.429. The normalized spacial score (nSPS) is 11.0. The maximum absolute atomic E-state index is 2.29. The topological polar surface area (TPSA) is 0 Å². The predicted octanol–water partition coefficient (Wildman–Crippen LogP) is 6.84. The van der Waals surface area contributed by atoms with E-state index in [4.69, 9.17) is 0 Å². The Morgan fingerprint density at radius 2 is 1.14 bits per heavy atom. The van der Waals surface area contributed by atoms with Crippen molar-refractivity contribution >= 4 is 7.92 Å². The van der Waals surface area contributed by atoms with Crippen LogP contribution in [0.25, 0.3) is 0 Å². The Morgan fingerprint density at radius 3 is 1.64 bits per heavy atom. The number of rotatable bonds is 10. The van der Waals surface area contributed by atoms with E-state index in [2.05, 4.69) is 67.6 Å². The van der Waals surface area contributed by atoms with Gasteiger partial charge in [-0.2, -0.15) is 0 Å². The fourth-order valence-corrected chi connectivity index (χ4v) is 5.39. The Hall–Kier alpha value is -1.13. The molecule has 0 atom stereocenters. The van der Waals surface area contributed by atoms with E-state index in [9.17, 15) is 0 Å². The summed E-state index contributed by atoms with van der Waals surface area (Å²) in [6.07, 6.45) is 10.9. The minimum atomic E-state index is 0.0659. The number of unbranched alkanes of at least 4 members (excludes halogenated alkanes) is 4. The first-order chi connectivity index (χ1) is 10.9. The largest absolute Gasteiger partial charge is 0.0977 e. The van der Waals surface area contributed by atoms with Gasteiger partial charge in [0, 0.05) is 0 Å². The predicted molar refractivity (Wildman–Crippen MR) is 101 cm³/mol. The van der Waals surface area contributed by atoms with E-state index < -0.39 is 0 Å². The SMILES string of the molecule is CCCCCCCP(Cc1ccccc1)Cc1ccccc1. The van der Waals surface area contributed by atoms with Crippen LogP contribution in [0.15, 0.2) is 60.7 Å². The van der Waals surface area contributed by atoms with Gasteiger partial charge in [0.2, 0.25) is 0 Å².